The molecule has 150 valence electrons. The molecule has 0 unspecified atom stereocenters. The topological polar surface area (TPSA) is 68.7 Å². The van der Waals surface area contributed by atoms with Crippen molar-refractivity contribution in [2.24, 2.45) is 0 Å². The molecule has 2 aromatic rings. The first-order valence-electron chi connectivity index (χ1n) is 9.90. The first kappa shape index (κ1) is 19.0. The van der Waals surface area contributed by atoms with Crippen LogP contribution in [0.2, 0.25) is 0 Å². The lowest BCUT2D eigenvalue weighted by Crippen LogP contribution is -2.40. The third-order valence-corrected chi connectivity index (χ3v) is 5.75. The fourth-order valence-corrected chi connectivity index (χ4v) is 3.94. The second kappa shape index (κ2) is 8.75. The van der Waals surface area contributed by atoms with Crippen LogP contribution in [0.15, 0.2) is 36.7 Å². The van der Waals surface area contributed by atoms with Crippen molar-refractivity contribution < 1.29 is 14.2 Å². The van der Waals surface area contributed by atoms with Gasteiger partial charge in [0, 0.05) is 44.3 Å². The van der Waals surface area contributed by atoms with Crippen molar-refractivity contribution in [2.45, 2.75) is 18.3 Å². The average Bonchev–Trinajstić information content (AvgIpc) is 2.79. The van der Waals surface area contributed by atoms with Crippen LogP contribution < -0.4 is 15.0 Å². The molecule has 1 aromatic carbocycles. The van der Waals surface area contributed by atoms with Gasteiger partial charge in [0.25, 0.3) is 0 Å². The molecule has 0 spiro atoms. The third kappa shape index (κ3) is 4.20. The van der Waals surface area contributed by atoms with E-state index in [0.29, 0.717) is 0 Å². The lowest BCUT2D eigenvalue weighted by Gasteiger charge is -2.38. The van der Waals surface area contributed by atoms with E-state index in [0.717, 1.165) is 76.3 Å². The maximum atomic E-state index is 5.65. The van der Waals surface area contributed by atoms with Crippen LogP contribution in [0.3, 0.4) is 0 Å². The Morgan fingerprint density at radius 2 is 1.75 bits per heavy atom. The lowest BCUT2D eigenvalue weighted by atomic mass is 9.74. The van der Waals surface area contributed by atoms with Crippen molar-refractivity contribution in [3.05, 3.63) is 42.2 Å². The summed E-state index contributed by atoms with van der Waals surface area (Å²) < 4.78 is 16.4. The predicted molar refractivity (Wildman–Crippen MR) is 108 cm³/mol. The summed E-state index contributed by atoms with van der Waals surface area (Å²) >= 11 is 0. The molecule has 0 atom stereocenters. The Morgan fingerprint density at radius 1 is 1.04 bits per heavy atom. The van der Waals surface area contributed by atoms with E-state index in [2.05, 4.69) is 32.3 Å². The van der Waals surface area contributed by atoms with Gasteiger partial charge in [0.2, 0.25) is 0 Å². The van der Waals surface area contributed by atoms with Gasteiger partial charge in [-0.25, -0.2) is 9.97 Å². The van der Waals surface area contributed by atoms with Crippen LogP contribution in [0.5, 0.6) is 5.75 Å². The number of anilines is 2. The Morgan fingerprint density at radius 3 is 2.46 bits per heavy atom. The minimum Gasteiger partial charge on any atom is -0.497 e. The molecule has 0 radical (unpaired) electrons. The highest BCUT2D eigenvalue weighted by atomic mass is 16.5. The van der Waals surface area contributed by atoms with Crippen LogP contribution in [-0.4, -0.2) is 63.1 Å². The van der Waals surface area contributed by atoms with Crippen LogP contribution in [0, 0.1) is 0 Å². The van der Waals surface area contributed by atoms with Gasteiger partial charge < -0.3 is 24.4 Å². The first-order chi connectivity index (χ1) is 13.8. The SMILES string of the molecule is COc1ccc(C2(CNc3cc(N4CCOCC4)ncn3)CCOCC2)cc1. The van der Waals surface area contributed by atoms with Gasteiger partial charge in [-0.2, -0.15) is 0 Å². The van der Waals surface area contributed by atoms with Gasteiger partial charge in [-0.1, -0.05) is 12.1 Å². The van der Waals surface area contributed by atoms with Crippen LogP contribution in [0.25, 0.3) is 0 Å². The van der Waals surface area contributed by atoms with E-state index in [9.17, 15) is 0 Å². The second-order valence-electron chi connectivity index (χ2n) is 7.34. The lowest BCUT2D eigenvalue weighted by molar-refractivity contribution is 0.0543. The number of nitrogens with zero attached hydrogens (tertiary/aromatic N) is 3. The molecule has 2 aliphatic heterocycles. The van der Waals surface area contributed by atoms with E-state index >= 15 is 0 Å². The van der Waals surface area contributed by atoms with E-state index in [-0.39, 0.29) is 5.41 Å². The Bertz CT molecular complexity index is 757. The fraction of sp³-hybridized carbons (Fsp3) is 0.524. The highest BCUT2D eigenvalue weighted by Gasteiger charge is 2.34. The van der Waals surface area contributed by atoms with Crippen molar-refractivity contribution in [1.29, 1.82) is 0 Å². The molecular weight excluding hydrogens is 356 g/mol. The minimum atomic E-state index is 0.0224. The smallest absolute Gasteiger partial charge is 0.134 e. The molecule has 0 aliphatic carbocycles. The second-order valence-corrected chi connectivity index (χ2v) is 7.34. The maximum Gasteiger partial charge on any atom is 0.134 e. The van der Waals surface area contributed by atoms with Crippen LogP contribution in [0.1, 0.15) is 18.4 Å². The van der Waals surface area contributed by atoms with Crippen molar-refractivity contribution in [2.75, 3.05) is 63.4 Å². The quantitative estimate of drug-likeness (QED) is 0.820. The van der Waals surface area contributed by atoms with Crippen LogP contribution in [0.4, 0.5) is 11.6 Å². The van der Waals surface area contributed by atoms with E-state index in [1.807, 2.05) is 18.2 Å². The molecule has 3 heterocycles. The number of methoxy groups -OCH3 is 1. The number of aromatic nitrogens is 2. The van der Waals surface area contributed by atoms with E-state index < -0.39 is 0 Å². The van der Waals surface area contributed by atoms with Crippen molar-refractivity contribution in [1.82, 2.24) is 9.97 Å². The highest BCUT2D eigenvalue weighted by Crippen LogP contribution is 2.36. The molecule has 4 rings (SSSR count). The Hall–Kier alpha value is -2.38. The number of hydrogen-bond donors (Lipinski definition) is 1. The number of morpholine rings is 1. The minimum absolute atomic E-state index is 0.0224. The van der Waals surface area contributed by atoms with Gasteiger partial charge in [-0.15, -0.1) is 0 Å². The maximum absolute atomic E-state index is 5.65. The van der Waals surface area contributed by atoms with Crippen molar-refractivity contribution in [3.63, 3.8) is 0 Å². The zero-order chi connectivity index (χ0) is 19.2. The summed E-state index contributed by atoms with van der Waals surface area (Å²) in [5.41, 5.74) is 1.33. The van der Waals surface area contributed by atoms with Crippen molar-refractivity contribution >= 4 is 11.6 Å². The zero-order valence-electron chi connectivity index (χ0n) is 16.4. The number of ether oxygens (including phenoxy) is 3. The Balaban J connectivity index is 1.50. The molecule has 0 saturated carbocycles. The summed E-state index contributed by atoms with van der Waals surface area (Å²) in [6, 6.07) is 10.4. The van der Waals surface area contributed by atoms with E-state index in [1.54, 1.807) is 13.4 Å². The van der Waals surface area contributed by atoms with Crippen molar-refractivity contribution in [3.8, 4) is 5.75 Å². The molecule has 2 fully saturated rings. The molecule has 7 nitrogen and oxygen atoms in total. The summed E-state index contributed by atoms with van der Waals surface area (Å²) in [6.45, 7) is 5.57. The fourth-order valence-electron chi connectivity index (χ4n) is 3.94. The normalized spacial score (nSPS) is 19.2. The van der Waals surface area contributed by atoms with Gasteiger partial charge in [0.05, 0.1) is 20.3 Å². The van der Waals surface area contributed by atoms with E-state index in [4.69, 9.17) is 14.2 Å². The molecular formula is C21H28N4O3. The monoisotopic (exact) mass is 384 g/mol. The van der Waals surface area contributed by atoms with E-state index in [1.165, 1.54) is 5.56 Å². The molecule has 2 aliphatic rings. The van der Waals surface area contributed by atoms with Gasteiger partial charge in [-0.05, 0) is 30.5 Å². The number of rotatable bonds is 6. The summed E-state index contributed by atoms with van der Waals surface area (Å²) in [5.74, 6) is 2.69. The molecule has 1 N–H and O–H groups in total. The van der Waals surface area contributed by atoms with Gasteiger partial charge in [-0.3, -0.25) is 0 Å². The van der Waals surface area contributed by atoms with Gasteiger partial charge in [0.1, 0.15) is 23.7 Å². The molecule has 28 heavy (non-hydrogen) atoms. The Labute approximate surface area is 166 Å². The molecule has 0 bridgehead atoms. The standard InChI is InChI=1S/C21H28N4O3/c1-26-18-4-2-17(3-5-18)21(6-10-27-11-7-21)15-22-19-14-20(24-16-23-19)25-8-12-28-13-9-25/h2-5,14,16H,6-13,15H2,1H3,(H,22,23,24). The number of hydrogen-bond acceptors (Lipinski definition) is 7. The van der Waals surface area contributed by atoms with Gasteiger partial charge >= 0.3 is 0 Å². The first-order valence-corrected chi connectivity index (χ1v) is 9.90. The largest absolute Gasteiger partial charge is 0.497 e. The van der Waals surface area contributed by atoms with Gasteiger partial charge in [0.15, 0.2) is 0 Å². The predicted octanol–water partition coefficient (Wildman–Crippen LogP) is 2.48. The molecule has 0 amide bonds. The van der Waals surface area contributed by atoms with Crippen LogP contribution in [-0.2, 0) is 14.9 Å². The summed E-state index contributed by atoms with van der Waals surface area (Å²) in [5, 5.41) is 3.57. The highest BCUT2D eigenvalue weighted by molar-refractivity contribution is 5.49. The molecule has 2 saturated heterocycles. The Kier molecular flexibility index (Phi) is 5.92. The molecule has 1 aromatic heterocycles. The zero-order valence-corrected chi connectivity index (χ0v) is 16.4. The number of benzene rings is 1. The molecule has 7 heteroatoms. The third-order valence-electron chi connectivity index (χ3n) is 5.75. The van der Waals surface area contributed by atoms with Crippen LogP contribution >= 0.6 is 0 Å². The summed E-state index contributed by atoms with van der Waals surface area (Å²) in [6.07, 6.45) is 3.60. The average molecular weight is 384 g/mol. The summed E-state index contributed by atoms with van der Waals surface area (Å²) in [4.78, 5) is 11.1. The number of nitrogens with one attached hydrogen (secondary N) is 1. The summed E-state index contributed by atoms with van der Waals surface area (Å²) in [7, 11) is 1.70.